The monoisotopic (exact) mass is 254 g/mol. The van der Waals surface area contributed by atoms with Gasteiger partial charge >= 0.3 is 0 Å². The fraction of sp³-hybridized carbons (Fsp3) is 0.200. The van der Waals surface area contributed by atoms with Crippen molar-refractivity contribution in [3.63, 3.8) is 0 Å². The molecule has 2 aromatic rings. The minimum Gasteiger partial charge on any atom is -0.382 e. The predicted molar refractivity (Wildman–Crippen MR) is 79.1 cm³/mol. The van der Waals surface area contributed by atoms with E-state index in [0.29, 0.717) is 5.69 Å². The van der Waals surface area contributed by atoms with Crippen molar-refractivity contribution in [3.8, 4) is 0 Å². The van der Waals surface area contributed by atoms with Crippen molar-refractivity contribution in [1.29, 1.82) is 5.41 Å². The van der Waals surface area contributed by atoms with Gasteiger partial charge in [-0.3, -0.25) is 10.4 Å². The summed E-state index contributed by atoms with van der Waals surface area (Å²) in [5.41, 5.74) is 9.27. The Balaban J connectivity index is 2.51. The van der Waals surface area contributed by atoms with Crippen LogP contribution in [0.4, 0.5) is 11.4 Å². The molecule has 3 N–H and O–H groups in total. The molecule has 1 aromatic carbocycles. The molecule has 0 aliphatic rings. The fourth-order valence-electron chi connectivity index (χ4n) is 2.11. The Hall–Kier alpha value is -2.36. The molecule has 19 heavy (non-hydrogen) atoms. The number of benzene rings is 1. The first kappa shape index (κ1) is 13.1. The number of amidine groups is 1. The molecule has 1 heterocycles. The van der Waals surface area contributed by atoms with E-state index >= 15 is 0 Å². The zero-order valence-electron chi connectivity index (χ0n) is 11.2. The summed E-state index contributed by atoms with van der Waals surface area (Å²) in [7, 11) is 0. The Morgan fingerprint density at radius 3 is 2.74 bits per heavy atom. The van der Waals surface area contributed by atoms with Crippen LogP contribution < -0.4 is 10.6 Å². The second-order valence-electron chi connectivity index (χ2n) is 4.37. The summed E-state index contributed by atoms with van der Waals surface area (Å²) in [5.74, 6) is -0.0123. The molecule has 0 bridgehead atoms. The van der Waals surface area contributed by atoms with Gasteiger partial charge in [0.2, 0.25) is 0 Å². The van der Waals surface area contributed by atoms with Gasteiger partial charge in [-0.05, 0) is 43.7 Å². The Morgan fingerprint density at radius 1 is 1.32 bits per heavy atom. The largest absolute Gasteiger partial charge is 0.382 e. The Morgan fingerprint density at radius 2 is 2.11 bits per heavy atom. The predicted octanol–water partition coefficient (Wildman–Crippen LogP) is 2.83. The standard InChI is InChI=1S/C15H18N4/c1-3-19(12-7-4-6-11(2)10-12)13-8-5-9-18-14(13)15(16)17/h4-10H,3H2,1-2H3,(H3,16,17). The highest BCUT2D eigenvalue weighted by atomic mass is 15.1. The number of aromatic nitrogens is 1. The lowest BCUT2D eigenvalue weighted by molar-refractivity contribution is 1.01. The lowest BCUT2D eigenvalue weighted by Gasteiger charge is -2.25. The second-order valence-corrected chi connectivity index (χ2v) is 4.37. The zero-order valence-corrected chi connectivity index (χ0v) is 11.2. The van der Waals surface area contributed by atoms with Crippen LogP contribution in [0.15, 0.2) is 42.6 Å². The van der Waals surface area contributed by atoms with Gasteiger partial charge in [0.25, 0.3) is 0 Å². The molecule has 0 fully saturated rings. The van der Waals surface area contributed by atoms with Crippen LogP contribution in [0, 0.1) is 12.3 Å². The highest BCUT2D eigenvalue weighted by Gasteiger charge is 2.14. The molecular weight excluding hydrogens is 236 g/mol. The average molecular weight is 254 g/mol. The van der Waals surface area contributed by atoms with E-state index in [1.807, 2.05) is 24.3 Å². The summed E-state index contributed by atoms with van der Waals surface area (Å²) in [6.07, 6.45) is 1.66. The summed E-state index contributed by atoms with van der Waals surface area (Å²) in [6.45, 7) is 4.92. The number of hydrogen-bond acceptors (Lipinski definition) is 3. The molecule has 0 atom stereocenters. The van der Waals surface area contributed by atoms with Crippen LogP contribution in [-0.4, -0.2) is 17.4 Å². The van der Waals surface area contributed by atoms with Crippen LogP contribution in [0.1, 0.15) is 18.2 Å². The first-order valence-electron chi connectivity index (χ1n) is 6.27. The number of hydrogen-bond donors (Lipinski definition) is 2. The van der Waals surface area contributed by atoms with Crippen LogP contribution in [-0.2, 0) is 0 Å². The van der Waals surface area contributed by atoms with Crippen molar-refractivity contribution in [1.82, 2.24) is 4.98 Å². The molecule has 2 rings (SSSR count). The number of nitrogen functional groups attached to an aromatic ring is 1. The van der Waals surface area contributed by atoms with Crippen molar-refractivity contribution in [2.24, 2.45) is 5.73 Å². The lowest BCUT2D eigenvalue weighted by Crippen LogP contribution is -2.22. The van der Waals surface area contributed by atoms with Crippen molar-refractivity contribution in [3.05, 3.63) is 53.9 Å². The maximum atomic E-state index is 7.64. The van der Waals surface area contributed by atoms with Crippen LogP contribution >= 0.6 is 0 Å². The first-order chi connectivity index (χ1) is 9.13. The number of nitrogens with one attached hydrogen (secondary N) is 1. The molecule has 0 amide bonds. The zero-order chi connectivity index (χ0) is 13.8. The molecule has 98 valence electrons. The Labute approximate surface area is 113 Å². The molecule has 0 unspecified atom stereocenters. The van der Waals surface area contributed by atoms with E-state index in [-0.39, 0.29) is 5.84 Å². The number of pyridine rings is 1. The fourth-order valence-corrected chi connectivity index (χ4v) is 2.11. The normalized spacial score (nSPS) is 10.2. The Bertz CT molecular complexity index is 592. The maximum Gasteiger partial charge on any atom is 0.143 e. The van der Waals surface area contributed by atoms with Gasteiger partial charge < -0.3 is 10.6 Å². The molecule has 4 heteroatoms. The lowest BCUT2D eigenvalue weighted by atomic mass is 10.1. The van der Waals surface area contributed by atoms with E-state index in [1.54, 1.807) is 6.20 Å². The van der Waals surface area contributed by atoms with Gasteiger partial charge in [-0.15, -0.1) is 0 Å². The molecular formula is C15H18N4. The minimum atomic E-state index is -0.0123. The van der Waals surface area contributed by atoms with E-state index in [1.165, 1.54) is 5.56 Å². The summed E-state index contributed by atoms with van der Waals surface area (Å²) in [5, 5.41) is 7.64. The third-order valence-electron chi connectivity index (χ3n) is 2.96. The van der Waals surface area contributed by atoms with E-state index in [0.717, 1.165) is 17.9 Å². The van der Waals surface area contributed by atoms with E-state index in [4.69, 9.17) is 11.1 Å². The molecule has 0 saturated heterocycles. The summed E-state index contributed by atoms with van der Waals surface area (Å²) < 4.78 is 0. The molecule has 4 nitrogen and oxygen atoms in total. The smallest absolute Gasteiger partial charge is 0.143 e. The number of anilines is 2. The number of rotatable bonds is 4. The highest BCUT2D eigenvalue weighted by molar-refractivity contribution is 5.99. The summed E-state index contributed by atoms with van der Waals surface area (Å²) in [6, 6.07) is 12.0. The second kappa shape index (κ2) is 5.52. The molecule has 0 saturated carbocycles. The summed E-state index contributed by atoms with van der Waals surface area (Å²) in [4.78, 5) is 6.31. The molecule has 0 aliphatic heterocycles. The third kappa shape index (κ3) is 2.73. The quantitative estimate of drug-likeness (QED) is 0.651. The molecule has 1 aromatic heterocycles. The third-order valence-corrected chi connectivity index (χ3v) is 2.96. The van der Waals surface area contributed by atoms with Crippen molar-refractivity contribution < 1.29 is 0 Å². The maximum absolute atomic E-state index is 7.64. The number of nitrogens with zero attached hydrogens (tertiary/aromatic N) is 2. The van der Waals surface area contributed by atoms with Crippen LogP contribution in [0.2, 0.25) is 0 Å². The molecule has 0 radical (unpaired) electrons. The van der Waals surface area contributed by atoms with Gasteiger partial charge in [-0.1, -0.05) is 12.1 Å². The van der Waals surface area contributed by atoms with Crippen LogP contribution in [0.5, 0.6) is 0 Å². The van der Waals surface area contributed by atoms with E-state index in [2.05, 4.69) is 35.9 Å². The average Bonchev–Trinajstić information content (AvgIpc) is 2.40. The van der Waals surface area contributed by atoms with Crippen molar-refractivity contribution >= 4 is 17.2 Å². The van der Waals surface area contributed by atoms with E-state index < -0.39 is 0 Å². The van der Waals surface area contributed by atoms with Gasteiger partial charge in [0.05, 0.1) is 5.69 Å². The minimum absolute atomic E-state index is 0.0123. The van der Waals surface area contributed by atoms with Crippen molar-refractivity contribution in [2.75, 3.05) is 11.4 Å². The Kier molecular flexibility index (Phi) is 3.80. The molecule has 0 spiro atoms. The van der Waals surface area contributed by atoms with Gasteiger partial charge in [0.1, 0.15) is 11.5 Å². The first-order valence-corrected chi connectivity index (χ1v) is 6.27. The van der Waals surface area contributed by atoms with Gasteiger partial charge in [-0.25, -0.2) is 0 Å². The van der Waals surface area contributed by atoms with E-state index in [9.17, 15) is 0 Å². The number of nitrogens with two attached hydrogens (primary N) is 1. The van der Waals surface area contributed by atoms with Gasteiger partial charge in [0.15, 0.2) is 0 Å². The summed E-state index contributed by atoms with van der Waals surface area (Å²) >= 11 is 0. The van der Waals surface area contributed by atoms with Gasteiger partial charge in [-0.2, -0.15) is 0 Å². The van der Waals surface area contributed by atoms with Crippen LogP contribution in [0.25, 0.3) is 0 Å². The van der Waals surface area contributed by atoms with Crippen LogP contribution in [0.3, 0.4) is 0 Å². The number of aryl methyl sites for hydroxylation is 1. The SMILES string of the molecule is CCN(c1cccc(C)c1)c1cccnc1C(=N)N. The van der Waals surface area contributed by atoms with Crippen molar-refractivity contribution in [2.45, 2.75) is 13.8 Å². The molecule has 0 aliphatic carbocycles. The topological polar surface area (TPSA) is 66.0 Å². The van der Waals surface area contributed by atoms with Gasteiger partial charge in [0, 0.05) is 18.4 Å². The highest BCUT2D eigenvalue weighted by Crippen LogP contribution is 2.27.